The summed E-state index contributed by atoms with van der Waals surface area (Å²) in [5, 5.41) is 20.2. The third kappa shape index (κ3) is 6.56. The Bertz CT molecular complexity index is 819. The second kappa shape index (κ2) is 10.5. The number of aliphatic hydroxyl groups excluding tert-OH is 2. The van der Waals surface area contributed by atoms with E-state index in [9.17, 15) is 33.9 Å². The quantitative estimate of drug-likeness (QED) is 0.242. The Morgan fingerprint density at radius 2 is 1.90 bits per heavy atom. The van der Waals surface area contributed by atoms with E-state index in [1.54, 1.807) is 0 Å². The first-order valence-corrected chi connectivity index (χ1v) is 10.1. The maximum Gasteiger partial charge on any atom is 1.00 e. The maximum atomic E-state index is 11.6. The van der Waals surface area contributed by atoms with Crippen LogP contribution in [-0.2, 0) is 27.5 Å². The zero-order valence-corrected chi connectivity index (χ0v) is 20.8. The molecule has 1 amide bonds. The second-order valence-corrected chi connectivity index (χ2v) is 8.23. The van der Waals surface area contributed by atoms with E-state index >= 15 is 0 Å². The van der Waals surface area contributed by atoms with Crippen LogP contribution in [0.2, 0.25) is 0 Å². The molecule has 0 saturated carbocycles. The smallest absolute Gasteiger partial charge is 0.789 e. The first kappa shape index (κ1) is 27.7. The van der Waals surface area contributed by atoms with Gasteiger partial charge in [-0.3, -0.25) is 23.5 Å². The number of ether oxygens (including phenoxy) is 1. The summed E-state index contributed by atoms with van der Waals surface area (Å²) in [6, 6.07) is -1.02. The summed E-state index contributed by atoms with van der Waals surface area (Å²) in [5.74, 6) is -0.507. The summed E-state index contributed by atoms with van der Waals surface area (Å²) in [7, 11) is -11.1. The van der Waals surface area contributed by atoms with Gasteiger partial charge in [-0.2, -0.15) is 4.99 Å². The van der Waals surface area contributed by atoms with Gasteiger partial charge in [-0.25, -0.2) is 9.56 Å². The number of carbonyl (C=O) groups excluding carboxylic acids is 1. The number of aliphatic imine (C=N–C) groups is 3. The number of phosphoric ester groups is 1. The van der Waals surface area contributed by atoms with Crippen LogP contribution in [0.15, 0.2) is 15.0 Å². The molecule has 3 N–H and O–H groups in total. The molecule has 0 bridgehead atoms. The van der Waals surface area contributed by atoms with Crippen molar-refractivity contribution in [1.82, 2.24) is 4.90 Å². The Labute approximate surface area is 207 Å². The molecule has 3 aliphatic heterocycles. The van der Waals surface area contributed by atoms with Crippen molar-refractivity contribution >= 4 is 40.1 Å². The van der Waals surface area contributed by atoms with Gasteiger partial charge < -0.3 is 34.2 Å². The van der Waals surface area contributed by atoms with Crippen molar-refractivity contribution in [2.75, 3.05) is 6.61 Å². The average molecular weight is 472 g/mol. The van der Waals surface area contributed by atoms with Crippen molar-refractivity contribution in [3.63, 3.8) is 0 Å². The first-order valence-electron chi connectivity index (χ1n) is 7.16. The summed E-state index contributed by atoms with van der Waals surface area (Å²) in [5.41, 5.74) is 0. The van der Waals surface area contributed by atoms with Gasteiger partial charge in [0.05, 0.1) is 20.8 Å². The van der Waals surface area contributed by atoms with Crippen LogP contribution >= 0.6 is 15.6 Å². The zero-order chi connectivity index (χ0) is 20.0. The number of hydrogen-bond donors (Lipinski definition) is 3. The zero-order valence-electron chi connectivity index (χ0n) is 15.0. The molecular formula is C10H12N4Na2O11P2. The molecule has 0 aromatic carbocycles. The van der Waals surface area contributed by atoms with Crippen LogP contribution in [-0.4, -0.2) is 81.6 Å². The van der Waals surface area contributed by atoms with Gasteiger partial charge in [-0.1, -0.05) is 0 Å². The number of amides is 1. The number of aliphatic hydroxyl groups is 2. The van der Waals surface area contributed by atoms with Gasteiger partial charge in [0.25, 0.3) is 5.91 Å². The number of hydrogen-bond acceptors (Lipinski definition) is 13. The van der Waals surface area contributed by atoms with Crippen molar-refractivity contribution in [2.24, 2.45) is 15.0 Å². The summed E-state index contributed by atoms with van der Waals surface area (Å²) in [6.07, 6.45) is -3.79. The van der Waals surface area contributed by atoms with Crippen LogP contribution in [0.5, 0.6) is 0 Å². The van der Waals surface area contributed by atoms with Crippen LogP contribution in [0.3, 0.4) is 0 Å². The Balaban J connectivity index is 0.00000210. The van der Waals surface area contributed by atoms with E-state index in [0.29, 0.717) is 0 Å². The van der Waals surface area contributed by atoms with Gasteiger partial charge in [0.2, 0.25) is 0 Å². The van der Waals surface area contributed by atoms with E-state index in [0.717, 1.165) is 12.7 Å². The Hall–Kier alpha value is 0.620. The molecular weight excluding hydrogens is 460 g/mol. The molecule has 3 aliphatic rings. The Morgan fingerprint density at radius 1 is 1.24 bits per heavy atom. The molecule has 3 rings (SSSR count). The number of carbonyl (C=O) groups is 1. The monoisotopic (exact) mass is 472 g/mol. The Kier molecular flexibility index (Phi) is 10.0. The molecule has 0 radical (unpaired) electrons. The van der Waals surface area contributed by atoms with Crippen molar-refractivity contribution in [2.45, 2.75) is 30.6 Å². The number of fused-ring (bicyclic) bond motifs is 1. The molecule has 2 unspecified atom stereocenters. The molecule has 15 nitrogen and oxygen atoms in total. The van der Waals surface area contributed by atoms with E-state index < -0.39 is 58.7 Å². The second-order valence-electron chi connectivity index (χ2n) is 5.48. The normalized spacial score (nSPS) is 32.9. The number of amidine groups is 1. The minimum Gasteiger partial charge on any atom is -0.789 e. The SMILES string of the molecule is O=C1N=CN=C2C1N=CN2[C@@H]1O[C@H](COP(=O)(O)OP(=O)([O-])[O-])[C@@H](O)[C@H]1O.[Na+].[Na+]. The van der Waals surface area contributed by atoms with Crippen LogP contribution in [0, 0.1) is 0 Å². The molecule has 1 fully saturated rings. The number of phosphoric acid groups is 2. The molecule has 0 aromatic rings. The predicted octanol–water partition coefficient (Wildman–Crippen LogP) is -9.92. The number of rotatable bonds is 6. The topological polar surface area (TPSA) is 226 Å². The van der Waals surface area contributed by atoms with E-state index in [-0.39, 0.29) is 65.0 Å². The Morgan fingerprint density at radius 3 is 2.52 bits per heavy atom. The standard InChI is InChI=1S/C10H14N4O11P2.2Na/c15-6-4(1-23-27(21,22)25-26(18,19)20)24-10(7(6)16)14-3-13-5-8(14)11-2-12-9(5)17;;/h2-7,10,15-16H,1H2,(H,21,22)(H2,18,19,20);;/q;2*+1/p-2/t4-,5?,6-,7-,10-;;/m1../s1. The van der Waals surface area contributed by atoms with E-state index in [2.05, 4.69) is 23.8 Å². The van der Waals surface area contributed by atoms with E-state index in [4.69, 9.17) is 9.63 Å². The van der Waals surface area contributed by atoms with Gasteiger partial charge in [0.1, 0.15) is 30.5 Å². The number of nitrogens with zero attached hydrogens (tertiary/aromatic N) is 4. The van der Waals surface area contributed by atoms with Gasteiger partial charge in [-0.05, 0) is 0 Å². The molecule has 19 heteroatoms. The maximum absolute atomic E-state index is 11.6. The average Bonchev–Trinajstić information content (AvgIpc) is 3.07. The van der Waals surface area contributed by atoms with Crippen molar-refractivity contribution < 1.29 is 112 Å². The third-order valence-electron chi connectivity index (χ3n) is 3.67. The fourth-order valence-corrected chi connectivity index (χ4v) is 4.08. The van der Waals surface area contributed by atoms with E-state index in [1.807, 2.05) is 0 Å². The molecule has 3 heterocycles. The largest absolute Gasteiger partial charge is 1.00 e. The predicted molar refractivity (Wildman–Crippen MR) is 80.2 cm³/mol. The molecule has 1 saturated heterocycles. The van der Waals surface area contributed by atoms with E-state index in [1.165, 1.54) is 4.90 Å². The van der Waals surface area contributed by atoms with Gasteiger partial charge in [0.15, 0.2) is 12.3 Å². The molecule has 0 aliphatic carbocycles. The van der Waals surface area contributed by atoms with Crippen LogP contribution in [0.1, 0.15) is 0 Å². The fraction of sp³-hybridized carbons (Fsp3) is 0.600. The van der Waals surface area contributed by atoms with Gasteiger partial charge in [-0.15, -0.1) is 0 Å². The molecule has 29 heavy (non-hydrogen) atoms. The molecule has 6 atom stereocenters. The minimum atomic E-state index is -5.80. The van der Waals surface area contributed by atoms with Crippen molar-refractivity contribution in [3.8, 4) is 0 Å². The van der Waals surface area contributed by atoms with Crippen LogP contribution < -0.4 is 68.9 Å². The molecule has 150 valence electrons. The van der Waals surface area contributed by atoms with Gasteiger partial charge >= 0.3 is 66.9 Å². The van der Waals surface area contributed by atoms with Crippen molar-refractivity contribution in [3.05, 3.63) is 0 Å². The summed E-state index contributed by atoms with van der Waals surface area (Å²) >= 11 is 0. The first-order chi connectivity index (χ1) is 12.5. The van der Waals surface area contributed by atoms with Crippen molar-refractivity contribution in [1.29, 1.82) is 0 Å². The summed E-state index contributed by atoms with van der Waals surface area (Å²) < 4.78 is 34.8. The summed E-state index contributed by atoms with van der Waals surface area (Å²) in [6.45, 7) is -0.899. The minimum absolute atomic E-state index is 0. The van der Waals surface area contributed by atoms with Gasteiger partial charge in [0, 0.05) is 0 Å². The third-order valence-corrected chi connectivity index (χ3v) is 5.78. The molecule has 0 spiro atoms. The van der Waals surface area contributed by atoms with Crippen LogP contribution in [0.25, 0.3) is 0 Å². The summed E-state index contributed by atoms with van der Waals surface area (Å²) in [4.78, 5) is 53.9. The molecule has 0 aromatic heterocycles. The fourth-order valence-electron chi connectivity index (χ4n) is 2.54. The van der Waals surface area contributed by atoms with Crippen LogP contribution in [0.4, 0.5) is 0 Å².